The Morgan fingerprint density at radius 2 is 1.70 bits per heavy atom. The van der Waals surface area contributed by atoms with E-state index >= 15 is 0 Å². The minimum absolute atomic E-state index is 0.255. The van der Waals surface area contributed by atoms with E-state index in [0.29, 0.717) is 23.1 Å². The van der Waals surface area contributed by atoms with Crippen LogP contribution in [-0.4, -0.2) is 28.5 Å². The van der Waals surface area contributed by atoms with Crippen molar-refractivity contribution in [2.45, 2.75) is 6.61 Å². The van der Waals surface area contributed by atoms with Gasteiger partial charge < -0.3 is 10.1 Å². The maximum absolute atomic E-state index is 12.8. The number of carbonyl (C=O) groups is 3. The Kier molecular flexibility index (Phi) is 7.25. The second kappa shape index (κ2) is 10.9. The summed E-state index contributed by atoms with van der Waals surface area (Å²) < 4.78 is 5.91. The van der Waals surface area contributed by atoms with Crippen LogP contribution < -0.4 is 10.1 Å². The maximum Gasteiger partial charge on any atom is 0.294 e. The number of anilines is 1. The number of amides is 3. The van der Waals surface area contributed by atoms with Crippen molar-refractivity contribution in [3.8, 4) is 5.75 Å². The van der Waals surface area contributed by atoms with E-state index in [-0.39, 0.29) is 11.4 Å². The number of imide groups is 1. The molecule has 5 rings (SSSR count). The zero-order valence-electron chi connectivity index (χ0n) is 19.5. The van der Waals surface area contributed by atoms with Gasteiger partial charge in [-0.05, 0) is 76.1 Å². The minimum atomic E-state index is -0.507. The number of thioether (sulfide) groups is 1. The zero-order chi connectivity index (χ0) is 25.8. The monoisotopic (exact) mass is 528 g/mol. The topological polar surface area (TPSA) is 75.7 Å². The summed E-state index contributed by atoms with van der Waals surface area (Å²) in [4.78, 5) is 38.7. The van der Waals surface area contributed by atoms with Gasteiger partial charge in [-0.3, -0.25) is 19.3 Å². The molecule has 1 saturated heterocycles. The molecule has 37 heavy (non-hydrogen) atoms. The quantitative estimate of drug-likeness (QED) is 0.269. The van der Waals surface area contributed by atoms with Gasteiger partial charge in [0.15, 0.2) is 0 Å². The van der Waals surface area contributed by atoms with Crippen LogP contribution >= 0.6 is 23.4 Å². The molecule has 0 aromatic heterocycles. The Morgan fingerprint density at radius 3 is 2.49 bits per heavy atom. The van der Waals surface area contributed by atoms with Crippen molar-refractivity contribution in [3.63, 3.8) is 0 Å². The molecule has 0 bridgehead atoms. The summed E-state index contributed by atoms with van der Waals surface area (Å²) in [5.74, 6) is -0.303. The Balaban J connectivity index is 1.19. The largest absolute Gasteiger partial charge is 0.489 e. The summed E-state index contributed by atoms with van der Waals surface area (Å²) in [5, 5.41) is 4.96. The third-order valence-electron chi connectivity index (χ3n) is 5.68. The van der Waals surface area contributed by atoms with Gasteiger partial charge in [-0.1, -0.05) is 66.2 Å². The van der Waals surface area contributed by atoms with Crippen LogP contribution in [-0.2, 0) is 16.2 Å². The highest BCUT2D eigenvalue weighted by atomic mass is 35.5. The normalized spacial score (nSPS) is 14.4. The highest BCUT2D eigenvalue weighted by molar-refractivity contribution is 8.18. The number of benzene rings is 4. The first-order chi connectivity index (χ1) is 17.9. The number of carbonyl (C=O) groups excluding carboxylic acids is 3. The number of nitrogens with one attached hydrogen (secondary N) is 1. The number of halogens is 1. The van der Waals surface area contributed by atoms with Gasteiger partial charge in [0.1, 0.15) is 18.9 Å². The Morgan fingerprint density at radius 1 is 0.919 bits per heavy atom. The minimum Gasteiger partial charge on any atom is -0.489 e. The number of ether oxygens (including phenoxy) is 1. The number of nitrogens with zero attached hydrogens (tertiary/aromatic N) is 1. The van der Waals surface area contributed by atoms with Crippen molar-refractivity contribution in [2.24, 2.45) is 0 Å². The molecule has 3 amide bonds. The number of fused-ring (bicyclic) bond motifs is 1. The Bertz CT molecular complexity index is 1530. The van der Waals surface area contributed by atoms with Gasteiger partial charge in [0.25, 0.3) is 11.1 Å². The van der Waals surface area contributed by atoms with E-state index in [1.54, 1.807) is 30.3 Å². The fraction of sp³-hybridized carbons (Fsp3) is 0.0690. The second-order valence-corrected chi connectivity index (χ2v) is 9.80. The smallest absolute Gasteiger partial charge is 0.294 e. The lowest BCUT2D eigenvalue weighted by atomic mass is 10.1. The average Bonchev–Trinajstić information content (AvgIpc) is 3.15. The Hall–Kier alpha value is -4.07. The van der Waals surface area contributed by atoms with E-state index in [1.807, 2.05) is 42.5 Å². The maximum atomic E-state index is 12.8. The molecule has 0 aliphatic carbocycles. The van der Waals surface area contributed by atoms with Crippen molar-refractivity contribution in [2.75, 3.05) is 11.9 Å². The van der Waals surface area contributed by atoms with Crippen LogP contribution in [0, 0.1) is 0 Å². The molecule has 0 spiro atoms. The van der Waals surface area contributed by atoms with Crippen molar-refractivity contribution in [1.82, 2.24) is 4.90 Å². The molecule has 8 heteroatoms. The molecule has 1 heterocycles. The van der Waals surface area contributed by atoms with E-state index in [9.17, 15) is 14.4 Å². The van der Waals surface area contributed by atoms with Crippen LogP contribution in [0.2, 0.25) is 5.02 Å². The van der Waals surface area contributed by atoms with Crippen molar-refractivity contribution in [1.29, 1.82) is 0 Å². The number of hydrogen-bond donors (Lipinski definition) is 1. The fourth-order valence-corrected chi connectivity index (χ4v) is 4.88. The first-order valence-electron chi connectivity index (χ1n) is 11.5. The van der Waals surface area contributed by atoms with E-state index in [1.165, 1.54) is 5.39 Å². The summed E-state index contributed by atoms with van der Waals surface area (Å²) in [6.07, 6.45) is 1.63. The molecule has 1 aliphatic heterocycles. The molecule has 1 N–H and O–H groups in total. The fourth-order valence-electron chi connectivity index (χ4n) is 3.85. The number of rotatable bonds is 7. The second-order valence-electron chi connectivity index (χ2n) is 8.37. The molecule has 0 radical (unpaired) electrons. The average molecular weight is 529 g/mol. The molecule has 0 saturated carbocycles. The predicted octanol–water partition coefficient (Wildman–Crippen LogP) is 6.75. The van der Waals surface area contributed by atoms with Crippen LogP contribution in [0.5, 0.6) is 5.75 Å². The predicted molar refractivity (Wildman–Crippen MR) is 147 cm³/mol. The van der Waals surface area contributed by atoms with Crippen LogP contribution in [0.25, 0.3) is 16.8 Å². The molecule has 4 aromatic carbocycles. The lowest BCUT2D eigenvalue weighted by molar-refractivity contribution is -0.127. The van der Waals surface area contributed by atoms with Crippen LogP contribution in [0.3, 0.4) is 0 Å². The van der Waals surface area contributed by atoms with Gasteiger partial charge in [-0.25, -0.2) is 0 Å². The first-order valence-corrected chi connectivity index (χ1v) is 12.7. The SMILES string of the molecule is O=C(CN1C(=O)S/C(=C\c2ccc(OCc3ccc4ccccc4c3)cc2)C1=O)Nc1cccc(Cl)c1. The summed E-state index contributed by atoms with van der Waals surface area (Å²) in [6, 6.07) is 28.3. The van der Waals surface area contributed by atoms with Crippen LogP contribution in [0.15, 0.2) is 95.9 Å². The molecule has 4 aromatic rings. The van der Waals surface area contributed by atoms with E-state index < -0.39 is 17.1 Å². The first kappa shape index (κ1) is 24.6. The lowest BCUT2D eigenvalue weighted by Gasteiger charge is -2.12. The van der Waals surface area contributed by atoms with Gasteiger partial charge in [0.2, 0.25) is 5.91 Å². The van der Waals surface area contributed by atoms with Gasteiger partial charge in [0, 0.05) is 10.7 Å². The van der Waals surface area contributed by atoms with Gasteiger partial charge in [-0.2, -0.15) is 0 Å². The lowest BCUT2D eigenvalue weighted by Crippen LogP contribution is -2.36. The molecule has 1 aliphatic rings. The Labute approximate surface area is 222 Å². The zero-order valence-corrected chi connectivity index (χ0v) is 21.1. The molecular weight excluding hydrogens is 508 g/mol. The summed E-state index contributed by atoms with van der Waals surface area (Å²) >= 11 is 6.73. The molecule has 0 unspecified atom stereocenters. The highest BCUT2D eigenvalue weighted by Gasteiger charge is 2.36. The van der Waals surface area contributed by atoms with Crippen molar-refractivity contribution in [3.05, 3.63) is 112 Å². The van der Waals surface area contributed by atoms with E-state index in [0.717, 1.165) is 33.2 Å². The summed E-state index contributed by atoms with van der Waals surface area (Å²) in [7, 11) is 0. The molecule has 6 nitrogen and oxygen atoms in total. The summed E-state index contributed by atoms with van der Waals surface area (Å²) in [5.41, 5.74) is 2.30. The van der Waals surface area contributed by atoms with Gasteiger partial charge >= 0.3 is 0 Å². The van der Waals surface area contributed by atoms with Crippen LogP contribution in [0.4, 0.5) is 10.5 Å². The van der Waals surface area contributed by atoms with Gasteiger partial charge in [0.05, 0.1) is 4.91 Å². The molecule has 184 valence electrons. The van der Waals surface area contributed by atoms with Crippen molar-refractivity contribution < 1.29 is 19.1 Å². The van der Waals surface area contributed by atoms with Gasteiger partial charge in [-0.15, -0.1) is 0 Å². The third-order valence-corrected chi connectivity index (χ3v) is 6.82. The standard InChI is InChI=1S/C29H21ClN2O4S/c30-23-6-3-7-24(16-23)31-27(33)17-32-28(34)26(37-29(32)35)15-19-9-12-25(13-10-19)36-18-20-8-11-21-4-1-2-5-22(21)14-20/h1-16H,17-18H2,(H,31,33)/b26-15-. The van der Waals surface area contributed by atoms with Crippen molar-refractivity contribution >= 4 is 63.0 Å². The molecular formula is C29H21ClN2O4S. The summed E-state index contributed by atoms with van der Waals surface area (Å²) in [6.45, 7) is 0.0520. The third kappa shape index (κ3) is 6.02. The van der Waals surface area contributed by atoms with E-state index in [4.69, 9.17) is 16.3 Å². The molecule has 0 atom stereocenters. The van der Waals surface area contributed by atoms with Crippen LogP contribution in [0.1, 0.15) is 11.1 Å². The van der Waals surface area contributed by atoms with E-state index in [2.05, 4.69) is 29.6 Å². The molecule has 1 fully saturated rings. The number of hydrogen-bond acceptors (Lipinski definition) is 5. The highest BCUT2D eigenvalue weighted by Crippen LogP contribution is 2.32.